The lowest BCUT2D eigenvalue weighted by molar-refractivity contribution is -0.127. The van der Waals surface area contributed by atoms with E-state index in [-0.39, 0.29) is 17.9 Å². The summed E-state index contributed by atoms with van der Waals surface area (Å²) in [6.45, 7) is 4.42. The smallest absolute Gasteiger partial charge is 0.256 e. The summed E-state index contributed by atoms with van der Waals surface area (Å²) >= 11 is 5.99. The molecular formula is C28H26ClN7O2. The molecule has 9 nitrogen and oxygen atoms in total. The van der Waals surface area contributed by atoms with E-state index in [0.717, 1.165) is 30.7 Å². The van der Waals surface area contributed by atoms with Crippen LogP contribution in [0.2, 0.25) is 5.02 Å². The van der Waals surface area contributed by atoms with Gasteiger partial charge < -0.3 is 16.0 Å². The number of nitrogen functional groups attached to an aromatic ring is 1. The Hall–Kier alpha value is -4.24. The van der Waals surface area contributed by atoms with E-state index in [1.165, 1.54) is 12.3 Å². The summed E-state index contributed by atoms with van der Waals surface area (Å²) in [5, 5.41) is 3.24. The first-order valence-corrected chi connectivity index (χ1v) is 12.9. The van der Waals surface area contributed by atoms with E-state index in [4.69, 9.17) is 22.3 Å². The molecule has 1 aromatic carbocycles. The van der Waals surface area contributed by atoms with Crippen molar-refractivity contribution in [3.63, 3.8) is 0 Å². The number of aromatic nitrogens is 4. The number of fused-ring (bicyclic) bond motifs is 2. The van der Waals surface area contributed by atoms with Gasteiger partial charge in [0.15, 0.2) is 0 Å². The average Bonchev–Trinajstić information content (AvgIpc) is 3.62. The zero-order valence-electron chi connectivity index (χ0n) is 20.5. The van der Waals surface area contributed by atoms with Crippen molar-refractivity contribution in [2.75, 3.05) is 17.6 Å². The fraction of sp³-hybridized carbons (Fsp3) is 0.250. The lowest BCUT2D eigenvalue weighted by Crippen LogP contribution is -2.32. The molecular weight excluding hydrogens is 502 g/mol. The highest BCUT2D eigenvalue weighted by molar-refractivity contribution is 6.30. The molecule has 4 heterocycles. The van der Waals surface area contributed by atoms with Crippen LogP contribution in [0, 0.1) is 11.8 Å². The monoisotopic (exact) mass is 527 g/mol. The Labute approximate surface area is 224 Å². The molecule has 2 fully saturated rings. The number of nitrogens with one attached hydrogen (secondary N) is 1. The first kappa shape index (κ1) is 24.1. The Bertz CT molecular complexity index is 1570. The number of carbonyl (C=O) groups is 2. The van der Waals surface area contributed by atoms with Crippen molar-refractivity contribution in [3.8, 4) is 11.3 Å². The number of halogens is 1. The van der Waals surface area contributed by atoms with Crippen molar-refractivity contribution in [3.05, 3.63) is 84.1 Å². The summed E-state index contributed by atoms with van der Waals surface area (Å²) in [4.78, 5) is 41.0. The van der Waals surface area contributed by atoms with Gasteiger partial charge in [0.2, 0.25) is 5.91 Å². The predicted octanol–water partition coefficient (Wildman–Crippen LogP) is 4.76. The third-order valence-electron chi connectivity index (χ3n) is 7.61. The molecule has 3 N–H and O–H groups in total. The third-order valence-corrected chi connectivity index (χ3v) is 7.84. The molecule has 3 atom stereocenters. The van der Waals surface area contributed by atoms with Crippen molar-refractivity contribution >= 4 is 40.6 Å². The van der Waals surface area contributed by atoms with Crippen molar-refractivity contribution in [1.29, 1.82) is 0 Å². The van der Waals surface area contributed by atoms with Crippen LogP contribution in [0.4, 0.5) is 11.6 Å². The van der Waals surface area contributed by atoms with Crippen LogP contribution in [0.15, 0.2) is 67.6 Å². The molecule has 192 valence electrons. The molecule has 2 aliphatic rings. The van der Waals surface area contributed by atoms with Gasteiger partial charge in [0, 0.05) is 41.3 Å². The molecule has 1 aliphatic carbocycles. The van der Waals surface area contributed by atoms with Gasteiger partial charge in [0.25, 0.3) is 5.91 Å². The van der Waals surface area contributed by atoms with Gasteiger partial charge in [0.1, 0.15) is 28.7 Å². The van der Waals surface area contributed by atoms with Crippen molar-refractivity contribution in [1.82, 2.24) is 24.3 Å². The quantitative estimate of drug-likeness (QED) is 0.361. The van der Waals surface area contributed by atoms with Gasteiger partial charge >= 0.3 is 0 Å². The summed E-state index contributed by atoms with van der Waals surface area (Å²) < 4.78 is 1.96. The van der Waals surface area contributed by atoms with E-state index in [1.54, 1.807) is 30.5 Å². The second-order valence-corrected chi connectivity index (χ2v) is 10.2. The largest absolute Gasteiger partial charge is 0.382 e. The molecule has 4 aromatic rings. The SMILES string of the molecule is C=CC(=O)N1CC2CCCC2C1c1nc(-c2ccc(C(=O)Nc3cc(Cl)ccn3)cc2)c2c(N)nccn12. The highest BCUT2D eigenvalue weighted by Crippen LogP contribution is 2.50. The molecule has 3 unspecified atom stereocenters. The number of amides is 2. The Kier molecular flexibility index (Phi) is 6.07. The van der Waals surface area contributed by atoms with E-state index < -0.39 is 0 Å². The minimum Gasteiger partial charge on any atom is -0.382 e. The highest BCUT2D eigenvalue weighted by Gasteiger charge is 2.48. The number of likely N-dealkylation sites (tertiary alicyclic amines) is 1. The van der Waals surface area contributed by atoms with Crippen molar-refractivity contribution in [2.45, 2.75) is 25.3 Å². The first-order chi connectivity index (χ1) is 18.4. The fourth-order valence-corrected chi connectivity index (χ4v) is 6.08. The Morgan fingerprint density at radius 1 is 1.13 bits per heavy atom. The summed E-state index contributed by atoms with van der Waals surface area (Å²) in [7, 11) is 0. The van der Waals surface area contributed by atoms with Crippen LogP contribution < -0.4 is 11.1 Å². The number of carbonyl (C=O) groups excluding carboxylic acids is 2. The summed E-state index contributed by atoms with van der Waals surface area (Å²) in [5.74, 6) is 1.87. The number of pyridine rings is 1. The van der Waals surface area contributed by atoms with Crippen LogP contribution in [-0.2, 0) is 4.79 Å². The van der Waals surface area contributed by atoms with Gasteiger partial charge in [-0.05, 0) is 55.0 Å². The molecule has 38 heavy (non-hydrogen) atoms. The lowest BCUT2D eigenvalue weighted by Gasteiger charge is -2.26. The summed E-state index contributed by atoms with van der Waals surface area (Å²) in [6, 6.07) is 10.2. The van der Waals surface area contributed by atoms with Gasteiger partial charge in [0.05, 0.1) is 6.04 Å². The maximum absolute atomic E-state index is 12.8. The van der Waals surface area contributed by atoms with Crippen LogP contribution >= 0.6 is 11.6 Å². The predicted molar refractivity (Wildman–Crippen MR) is 146 cm³/mol. The highest BCUT2D eigenvalue weighted by atomic mass is 35.5. The number of nitrogens with zero attached hydrogens (tertiary/aromatic N) is 5. The molecule has 6 rings (SSSR count). The molecule has 0 spiro atoms. The Balaban J connectivity index is 1.38. The Morgan fingerprint density at radius 2 is 1.95 bits per heavy atom. The molecule has 1 saturated heterocycles. The van der Waals surface area contributed by atoms with E-state index in [1.807, 2.05) is 27.6 Å². The molecule has 10 heteroatoms. The summed E-state index contributed by atoms with van der Waals surface area (Å²) in [6.07, 6.45) is 9.70. The van der Waals surface area contributed by atoms with Crippen LogP contribution in [0.5, 0.6) is 0 Å². The standard InChI is InChI=1S/C28H26ClN7O2/c1-2-22(37)36-15-18-4-3-5-20(18)24(36)27-34-23(25-26(30)32-12-13-35(25)27)16-6-8-17(9-7-16)28(38)33-21-14-19(29)10-11-31-21/h2,6-14,18,20,24H,1,3-5,15H2,(H2,30,32)(H,31,33,38). The maximum atomic E-state index is 12.8. The molecule has 0 bridgehead atoms. The number of nitrogens with two attached hydrogens (primary N) is 1. The second kappa shape index (κ2) is 9.57. The molecule has 1 aliphatic heterocycles. The zero-order valence-corrected chi connectivity index (χ0v) is 21.3. The molecule has 1 saturated carbocycles. The Morgan fingerprint density at radius 3 is 2.71 bits per heavy atom. The lowest BCUT2D eigenvalue weighted by atomic mass is 9.93. The van der Waals surface area contributed by atoms with Crippen LogP contribution in [-0.4, -0.2) is 42.6 Å². The number of rotatable bonds is 5. The van der Waals surface area contributed by atoms with Gasteiger partial charge in [-0.2, -0.15) is 0 Å². The van der Waals surface area contributed by atoms with Crippen molar-refractivity contribution < 1.29 is 9.59 Å². The molecule has 0 radical (unpaired) electrons. The van der Waals surface area contributed by atoms with Gasteiger partial charge in [-0.15, -0.1) is 0 Å². The van der Waals surface area contributed by atoms with Gasteiger partial charge in [-0.25, -0.2) is 15.0 Å². The average molecular weight is 528 g/mol. The van der Waals surface area contributed by atoms with Crippen LogP contribution in [0.25, 0.3) is 16.8 Å². The third kappa shape index (κ3) is 4.09. The fourth-order valence-electron chi connectivity index (χ4n) is 5.92. The van der Waals surface area contributed by atoms with Crippen LogP contribution in [0.1, 0.15) is 41.5 Å². The van der Waals surface area contributed by atoms with E-state index >= 15 is 0 Å². The number of benzene rings is 1. The number of imidazole rings is 1. The molecule has 3 aromatic heterocycles. The van der Waals surface area contributed by atoms with E-state index in [9.17, 15) is 9.59 Å². The van der Waals surface area contributed by atoms with Gasteiger partial charge in [-0.1, -0.05) is 36.7 Å². The van der Waals surface area contributed by atoms with E-state index in [0.29, 0.717) is 51.8 Å². The number of hydrogen-bond acceptors (Lipinski definition) is 6. The first-order valence-electron chi connectivity index (χ1n) is 12.5. The number of anilines is 2. The zero-order chi connectivity index (χ0) is 26.4. The second-order valence-electron chi connectivity index (χ2n) is 9.73. The van der Waals surface area contributed by atoms with Crippen molar-refractivity contribution in [2.24, 2.45) is 11.8 Å². The van der Waals surface area contributed by atoms with Crippen LogP contribution in [0.3, 0.4) is 0 Å². The summed E-state index contributed by atoms with van der Waals surface area (Å²) in [5.41, 5.74) is 8.93. The molecule has 2 amide bonds. The van der Waals surface area contributed by atoms with E-state index in [2.05, 4.69) is 21.9 Å². The topological polar surface area (TPSA) is 119 Å². The number of hydrogen-bond donors (Lipinski definition) is 2. The normalized spacial score (nSPS) is 20.4. The minimum absolute atomic E-state index is 0.0886. The maximum Gasteiger partial charge on any atom is 0.256 e. The van der Waals surface area contributed by atoms with Gasteiger partial charge in [-0.3, -0.25) is 14.0 Å². The minimum atomic E-state index is -0.306.